The zero-order valence-corrected chi connectivity index (χ0v) is 25.3. The molecule has 0 aliphatic carbocycles. The molecular weight excluding hydrogens is 606 g/mol. The first-order valence-corrected chi connectivity index (χ1v) is 16.0. The van der Waals surface area contributed by atoms with E-state index in [0.717, 1.165) is 0 Å². The van der Waals surface area contributed by atoms with Gasteiger partial charge >= 0.3 is 0 Å². The Hall–Kier alpha value is -3.62. The number of benzene rings is 3. The number of methoxy groups -OCH3 is 2. The number of nitrogens with zero attached hydrogens (tertiary/aromatic N) is 1. The minimum Gasteiger partial charge on any atom is -0.493 e. The lowest BCUT2D eigenvalue weighted by Crippen LogP contribution is -2.46. The van der Waals surface area contributed by atoms with Gasteiger partial charge in [0.05, 0.1) is 48.5 Å². The molecule has 1 amide bonds. The highest BCUT2D eigenvalue weighted by molar-refractivity contribution is 7.92. The third-order valence-electron chi connectivity index (χ3n) is 6.50. The number of carbonyl (C=O) groups excluding carboxylic acids is 1. The summed E-state index contributed by atoms with van der Waals surface area (Å²) in [6.45, 7) is 5.49. The van der Waals surface area contributed by atoms with E-state index in [1.165, 1.54) is 81.0 Å². The first-order valence-electron chi connectivity index (χ1n) is 12.6. The average molecular weight is 636 g/mol. The highest BCUT2D eigenvalue weighted by Gasteiger charge is 2.31. The second-order valence-corrected chi connectivity index (χ2v) is 13.3. The van der Waals surface area contributed by atoms with Gasteiger partial charge in [0.2, 0.25) is 0 Å². The SMILES string of the molecule is C=CC(N1CCOCC1)S(=O)(=O)c1ccc(NC(=O)c2cc(Cl)ccc2NS(=O)(=O)c2ccc(OC)c(OC)c2)cc1. The summed E-state index contributed by atoms with van der Waals surface area (Å²) in [6, 6.07) is 13.9. The largest absolute Gasteiger partial charge is 0.493 e. The highest BCUT2D eigenvalue weighted by Crippen LogP contribution is 2.31. The predicted octanol–water partition coefficient (Wildman–Crippen LogP) is 4.03. The summed E-state index contributed by atoms with van der Waals surface area (Å²) in [7, 11) is -5.13. The standard InChI is InChI=1S/C28H30ClN3O8S2/c1-4-27(32-13-15-40-16-14-32)41(34,35)21-8-6-20(7-9-21)30-28(33)23-17-19(29)5-11-24(23)31-42(36,37)22-10-12-25(38-2)26(18-22)39-3/h4-12,17-18,27,31H,1,13-16H2,2-3H3,(H,30,33). The lowest BCUT2D eigenvalue weighted by Gasteiger charge is -2.32. The number of sulfonamides is 1. The topological polar surface area (TPSA) is 140 Å². The fraction of sp³-hybridized carbons (Fsp3) is 0.250. The van der Waals surface area contributed by atoms with Crippen molar-refractivity contribution in [2.75, 3.05) is 50.6 Å². The van der Waals surface area contributed by atoms with Gasteiger partial charge in [-0.25, -0.2) is 16.8 Å². The van der Waals surface area contributed by atoms with Gasteiger partial charge in [-0.05, 0) is 54.6 Å². The van der Waals surface area contributed by atoms with Gasteiger partial charge in [-0.15, -0.1) is 6.58 Å². The third kappa shape index (κ3) is 6.88. The zero-order valence-electron chi connectivity index (χ0n) is 22.9. The maximum absolute atomic E-state index is 13.3. The lowest BCUT2D eigenvalue weighted by molar-refractivity contribution is 0.0374. The van der Waals surface area contributed by atoms with Gasteiger partial charge in [0.25, 0.3) is 15.9 Å². The molecule has 1 fully saturated rings. The van der Waals surface area contributed by atoms with E-state index in [1.54, 1.807) is 4.90 Å². The van der Waals surface area contributed by atoms with Crippen LogP contribution in [0.1, 0.15) is 10.4 Å². The molecule has 1 unspecified atom stereocenters. The van der Waals surface area contributed by atoms with Crippen LogP contribution in [0.25, 0.3) is 0 Å². The number of halogens is 1. The number of sulfone groups is 1. The van der Waals surface area contributed by atoms with Gasteiger partial charge < -0.3 is 19.5 Å². The van der Waals surface area contributed by atoms with Crippen molar-refractivity contribution in [1.29, 1.82) is 0 Å². The molecule has 2 N–H and O–H groups in total. The zero-order chi connectivity index (χ0) is 30.5. The molecule has 1 saturated heterocycles. The molecule has 0 spiro atoms. The normalized spacial score (nSPS) is 14.9. The molecule has 1 heterocycles. The molecule has 224 valence electrons. The fourth-order valence-corrected chi connectivity index (χ4v) is 7.27. The monoisotopic (exact) mass is 635 g/mol. The summed E-state index contributed by atoms with van der Waals surface area (Å²) >= 11 is 6.13. The summed E-state index contributed by atoms with van der Waals surface area (Å²) in [5.74, 6) is -0.109. The van der Waals surface area contributed by atoms with Gasteiger partial charge in [-0.2, -0.15) is 0 Å². The van der Waals surface area contributed by atoms with Gasteiger partial charge in [0, 0.05) is 29.9 Å². The summed E-state index contributed by atoms with van der Waals surface area (Å²) in [5.41, 5.74) is 0.210. The van der Waals surface area contributed by atoms with E-state index < -0.39 is 31.1 Å². The number of rotatable bonds is 11. The molecule has 0 aromatic heterocycles. The van der Waals surface area contributed by atoms with Crippen molar-refractivity contribution >= 4 is 48.7 Å². The van der Waals surface area contributed by atoms with Gasteiger partial charge in [0.15, 0.2) is 21.3 Å². The van der Waals surface area contributed by atoms with Crippen molar-refractivity contribution in [3.8, 4) is 11.5 Å². The van der Waals surface area contributed by atoms with Crippen molar-refractivity contribution in [3.05, 3.63) is 83.9 Å². The molecule has 42 heavy (non-hydrogen) atoms. The second-order valence-electron chi connectivity index (χ2n) is 9.11. The van der Waals surface area contributed by atoms with Gasteiger partial charge in [0.1, 0.15) is 5.37 Å². The van der Waals surface area contributed by atoms with Crippen LogP contribution in [0, 0.1) is 0 Å². The van der Waals surface area contributed by atoms with E-state index in [-0.39, 0.29) is 37.5 Å². The van der Waals surface area contributed by atoms with Crippen LogP contribution in [0.4, 0.5) is 11.4 Å². The van der Waals surface area contributed by atoms with Crippen LogP contribution in [0.2, 0.25) is 5.02 Å². The Morgan fingerprint density at radius 1 is 0.952 bits per heavy atom. The quantitative estimate of drug-likeness (QED) is 0.299. The van der Waals surface area contributed by atoms with Crippen LogP contribution in [0.15, 0.2) is 83.1 Å². The average Bonchev–Trinajstić information content (AvgIpc) is 2.98. The molecular formula is C28H30ClN3O8S2. The lowest BCUT2D eigenvalue weighted by atomic mass is 10.1. The molecule has 1 aliphatic rings. The van der Waals surface area contributed by atoms with Crippen LogP contribution >= 0.6 is 11.6 Å². The predicted molar refractivity (Wildman–Crippen MR) is 160 cm³/mol. The van der Waals surface area contributed by atoms with Crippen molar-refractivity contribution in [2.24, 2.45) is 0 Å². The first-order chi connectivity index (χ1) is 20.0. The number of nitrogens with one attached hydrogen (secondary N) is 2. The number of amides is 1. The second kappa shape index (κ2) is 13.1. The Labute approximate surface area is 250 Å². The van der Waals surface area contributed by atoms with Crippen molar-refractivity contribution in [1.82, 2.24) is 4.90 Å². The summed E-state index contributed by atoms with van der Waals surface area (Å²) in [4.78, 5) is 15.0. The maximum atomic E-state index is 13.3. The molecule has 0 bridgehead atoms. The number of hydrogen-bond acceptors (Lipinski definition) is 9. The van der Waals surface area contributed by atoms with E-state index >= 15 is 0 Å². The van der Waals surface area contributed by atoms with Crippen LogP contribution < -0.4 is 19.5 Å². The third-order valence-corrected chi connectivity index (χ3v) is 10.2. The van der Waals surface area contributed by atoms with Crippen molar-refractivity contribution < 1.29 is 35.8 Å². The Morgan fingerprint density at radius 3 is 2.21 bits per heavy atom. The molecule has 3 aromatic rings. The number of morpholine rings is 1. The van der Waals surface area contributed by atoms with Gasteiger partial charge in [-0.3, -0.25) is 14.4 Å². The van der Waals surface area contributed by atoms with E-state index in [2.05, 4.69) is 16.6 Å². The molecule has 0 radical (unpaired) electrons. The van der Waals surface area contributed by atoms with E-state index in [1.807, 2.05) is 0 Å². The van der Waals surface area contributed by atoms with Gasteiger partial charge in [-0.1, -0.05) is 17.7 Å². The molecule has 1 atom stereocenters. The Balaban J connectivity index is 1.55. The number of hydrogen-bond donors (Lipinski definition) is 2. The van der Waals surface area contributed by atoms with Crippen LogP contribution in [-0.2, 0) is 24.6 Å². The Bertz CT molecular complexity index is 1670. The van der Waals surface area contributed by atoms with Crippen molar-refractivity contribution in [3.63, 3.8) is 0 Å². The molecule has 3 aromatic carbocycles. The molecule has 11 nitrogen and oxygen atoms in total. The summed E-state index contributed by atoms with van der Waals surface area (Å²) in [5, 5.41) is 1.94. The molecule has 4 rings (SSSR count). The van der Waals surface area contributed by atoms with Crippen LogP contribution in [0.5, 0.6) is 11.5 Å². The minimum atomic E-state index is -4.15. The van der Waals surface area contributed by atoms with E-state index in [4.69, 9.17) is 25.8 Å². The highest BCUT2D eigenvalue weighted by atomic mass is 35.5. The maximum Gasteiger partial charge on any atom is 0.262 e. The molecule has 1 aliphatic heterocycles. The first kappa shape index (κ1) is 31.3. The Kier molecular flexibility index (Phi) is 9.79. The summed E-state index contributed by atoms with van der Waals surface area (Å²) < 4.78 is 71.0. The smallest absolute Gasteiger partial charge is 0.262 e. The van der Waals surface area contributed by atoms with Crippen molar-refractivity contribution in [2.45, 2.75) is 15.2 Å². The van der Waals surface area contributed by atoms with Crippen LogP contribution in [0.3, 0.4) is 0 Å². The number of anilines is 2. The van der Waals surface area contributed by atoms with E-state index in [9.17, 15) is 21.6 Å². The van der Waals surface area contributed by atoms with E-state index in [0.29, 0.717) is 32.1 Å². The summed E-state index contributed by atoms with van der Waals surface area (Å²) in [6.07, 6.45) is 1.39. The Morgan fingerprint density at radius 2 is 1.60 bits per heavy atom. The number of carbonyl (C=O) groups is 1. The van der Waals surface area contributed by atoms with Crippen LogP contribution in [-0.4, -0.2) is 73.5 Å². The minimum absolute atomic E-state index is 0.0229. The fourth-order valence-electron chi connectivity index (χ4n) is 4.35. The molecule has 14 heteroatoms. The number of ether oxygens (including phenoxy) is 3. The molecule has 0 saturated carbocycles.